The zero-order valence-electron chi connectivity index (χ0n) is 6.64. The molecule has 0 aromatic carbocycles. The van der Waals surface area contributed by atoms with E-state index in [1.807, 2.05) is 0 Å². The smallest absolute Gasteiger partial charge is 0.302 e. The highest BCUT2D eigenvalue weighted by atomic mass is 16.5. The SMILES string of the molecule is CCCNCCOC(C)=O. The highest BCUT2D eigenvalue weighted by molar-refractivity contribution is 5.65. The Balaban J connectivity index is 2.84. The summed E-state index contributed by atoms with van der Waals surface area (Å²) in [7, 11) is 0. The van der Waals surface area contributed by atoms with Crippen LogP contribution in [-0.2, 0) is 9.53 Å². The summed E-state index contributed by atoms with van der Waals surface area (Å²) in [5.41, 5.74) is 0. The van der Waals surface area contributed by atoms with Gasteiger partial charge >= 0.3 is 5.97 Å². The normalized spacial score (nSPS) is 9.40. The zero-order valence-corrected chi connectivity index (χ0v) is 6.64. The molecule has 0 spiro atoms. The van der Waals surface area contributed by atoms with E-state index in [9.17, 15) is 4.79 Å². The molecule has 0 bridgehead atoms. The van der Waals surface area contributed by atoms with Crippen molar-refractivity contribution in [3.63, 3.8) is 0 Å². The van der Waals surface area contributed by atoms with Gasteiger partial charge in [-0.1, -0.05) is 6.92 Å². The molecular formula is C7H15NO2. The Morgan fingerprint density at radius 3 is 2.70 bits per heavy atom. The molecule has 3 heteroatoms. The molecule has 60 valence electrons. The molecule has 0 aromatic rings. The van der Waals surface area contributed by atoms with Crippen LogP contribution in [0.2, 0.25) is 0 Å². The van der Waals surface area contributed by atoms with E-state index in [1.165, 1.54) is 6.92 Å². The molecule has 0 saturated carbocycles. The predicted molar refractivity (Wildman–Crippen MR) is 39.8 cm³/mol. The van der Waals surface area contributed by atoms with Crippen molar-refractivity contribution in [2.75, 3.05) is 19.7 Å². The first kappa shape index (κ1) is 9.43. The average Bonchev–Trinajstić information content (AvgIpc) is 1.87. The molecule has 10 heavy (non-hydrogen) atoms. The molecule has 0 aliphatic carbocycles. The van der Waals surface area contributed by atoms with Crippen LogP contribution in [0.1, 0.15) is 20.3 Å². The maximum Gasteiger partial charge on any atom is 0.302 e. The maximum atomic E-state index is 10.2. The van der Waals surface area contributed by atoms with Gasteiger partial charge in [0.1, 0.15) is 6.61 Å². The number of carbonyl (C=O) groups excluding carboxylic acids is 1. The standard InChI is InChI=1S/C7H15NO2/c1-3-4-8-5-6-10-7(2)9/h8H,3-6H2,1-2H3. The number of hydrogen-bond acceptors (Lipinski definition) is 3. The summed E-state index contributed by atoms with van der Waals surface area (Å²) in [5, 5.41) is 3.11. The fraction of sp³-hybridized carbons (Fsp3) is 0.857. The van der Waals surface area contributed by atoms with Crippen LogP contribution in [0.4, 0.5) is 0 Å². The largest absolute Gasteiger partial charge is 0.465 e. The zero-order chi connectivity index (χ0) is 7.82. The van der Waals surface area contributed by atoms with E-state index in [0.717, 1.165) is 19.5 Å². The van der Waals surface area contributed by atoms with Crippen LogP contribution in [0.25, 0.3) is 0 Å². The first-order valence-corrected chi connectivity index (χ1v) is 3.61. The highest BCUT2D eigenvalue weighted by Crippen LogP contribution is 1.74. The van der Waals surface area contributed by atoms with Gasteiger partial charge in [0.2, 0.25) is 0 Å². The molecule has 0 radical (unpaired) electrons. The molecule has 0 fully saturated rings. The molecule has 0 aromatic heterocycles. The summed E-state index contributed by atoms with van der Waals surface area (Å²) in [6.07, 6.45) is 1.11. The van der Waals surface area contributed by atoms with E-state index < -0.39 is 0 Å². The van der Waals surface area contributed by atoms with Gasteiger partial charge in [0.05, 0.1) is 0 Å². The number of nitrogens with one attached hydrogen (secondary N) is 1. The maximum absolute atomic E-state index is 10.2. The molecule has 0 rings (SSSR count). The van der Waals surface area contributed by atoms with Gasteiger partial charge < -0.3 is 10.1 Å². The number of hydrogen-bond donors (Lipinski definition) is 1. The van der Waals surface area contributed by atoms with Gasteiger partial charge in [-0.05, 0) is 13.0 Å². The molecule has 0 amide bonds. The first-order chi connectivity index (χ1) is 4.77. The van der Waals surface area contributed by atoms with Crippen LogP contribution in [0, 0.1) is 0 Å². The number of esters is 1. The number of carbonyl (C=O) groups is 1. The van der Waals surface area contributed by atoms with E-state index in [4.69, 9.17) is 0 Å². The van der Waals surface area contributed by atoms with Gasteiger partial charge in [0.25, 0.3) is 0 Å². The Hall–Kier alpha value is -0.570. The van der Waals surface area contributed by atoms with Gasteiger partial charge in [-0.2, -0.15) is 0 Å². The minimum absolute atomic E-state index is 0.210. The molecule has 0 aliphatic rings. The lowest BCUT2D eigenvalue weighted by molar-refractivity contribution is -0.140. The Labute approximate surface area is 61.8 Å². The minimum atomic E-state index is -0.210. The van der Waals surface area contributed by atoms with Gasteiger partial charge in [-0.3, -0.25) is 4.79 Å². The number of rotatable bonds is 5. The fourth-order valence-electron chi connectivity index (χ4n) is 0.569. The van der Waals surface area contributed by atoms with Crippen molar-refractivity contribution >= 4 is 5.97 Å². The monoisotopic (exact) mass is 145 g/mol. The first-order valence-electron chi connectivity index (χ1n) is 3.61. The molecule has 0 atom stereocenters. The van der Waals surface area contributed by atoms with Crippen LogP contribution >= 0.6 is 0 Å². The van der Waals surface area contributed by atoms with Crippen LogP contribution in [0.15, 0.2) is 0 Å². The lowest BCUT2D eigenvalue weighted by Gasteiger charge is -2.01. The predicted octanol–water partition coefficient (Wildman–Crippen LogP) is 0.549. The molecule has 3 nitrogen and oxygen atoms in total. The third-order valence-electron chi connectivity index (χ3n) is 1.01. The average molecular weight is 145 g/mol. The van der Waals surface area contributed by atoms with Gasteiger partial charge in [0.15, 0.2) is 0 Å². The second kappa shape index (κ2) is 6.55. The summed E-state index contributed by atoms with van der Waals surface area (Å²) in [5.74, 6) is -0.210. The second-order valence-electron chi connectivity index (χ2n) is 2.09. The Morgan fingerprint density at radius 2 is 2.20 bits per heavy atom. The van der Waals surface area contributed by atoms with Crippen LogP contribution in [0.3, 0.4) is 0 Å². The van der Waals surface area contributed by atoms with Crippen molar-refractivity contribution in [1.29, 1.82) is 0 Å². The summed E-state index contributed by atoms with van der Waals surface area (Å²) >= 11 is 0. The summed E-state index contributed by atoms with van der Waals surface area (Å²) in [4.78, 5) is 10.2. The molecule has 0 saturated heterocycles. The quantitative estimate of drug-likeness (QED) is 0.453. The highest BCUT2D eigenvalue weighted by Gasteiger charge is 1.89. The van der Waals surface area contributed by atoms with E-state index in [1.54, 1.807) is 0 Å². The lowest BCUT2D eigenvalue weighted by atomic mass is 10.5. The van der Waals surface area contributed by atoms with E-state index >= 15 is 0 Å². The Kier molecular flexibility index (Phi) is 6.18. The Bertz CT molecular complexity index is 93.6. The van der Waals surface area contributed by atoms with Gasteiger partial charge in [-0.25, -0.2) is 0 Å². The van der Waals surface area contributed by atoms with Gasteiger partial charge in [0, 0.05) is 13.5 Å². The minimum Gasteiger partial charge on any atom is -0.465 e. The van der Waals surface area contributed by atoms with Crippen LogP contribution < -0.4 is 5.32 Å². The third-order valence-corrected chi connectivity index (χ3v) is 1.01. The fourth-order valence-corrected chi connectivity index (χ4v) is 0.569. The lowest BCUT2D eigenvalue weighted by Crippen LogP contribution is -2.21. The van der Waals surface area contributed by atoms with E-state index in [0.29, 0.717) is 6.61 Å². The molecule has 0 aliphatic heterocycles. The molecule has 0 unspecified atom stereocenters. The van der Waals surface area contributed by atoms with Crippen molar-refractivity contribution in [2.45, 2.75) is 20.3 Å². The van der Waals surface area contributed by atoms with Gasteiger partial charge in [-0.15, -0.1) is 0 Å². The van der Waals surface area contributed by atoms with Crippen LogP contribution in [0.5, 0.6) is 0 Å². The van der Waals surface area contributed by atoms with E-state index in [2.05, 4.69) is 17.0 Å². The van der Waals surface area contributed by atoms with Crippen molar-refractivity contribution in [3.05, 3.63) is 0 Å². The topological polar surface area (TPSA) is 38.3 Å². The Morgan fingerprint density at radius 1 is 1.50 bits per heavy atom. The number of ether oxygens (including phenoxy) is 1. The van der Waals surface area contributed by atoms with Crippen molar-refractivity contribution in [1.82, 2.24) is 5.32 Å². The second-order valence-corrected chi connectivity index (χ2v) is 2.09. The van der Waals surface area contributed by atoms with Crippen LogP contribution in [-0.4, -0.2) is 25.7 Å². The third kappa shape index (κ3) is 7.43. The summed E-state index contributed by atoms with van der Waals surface area (Å²) in [6, 6.07) is 0. The summed E-state index contributed by atoms with van der Waals surface area (Å²) in [6.45, 7) is 5.74. The molecule has 0 heterocycles. The molecule has 1 N–H and O–H groups in total. The summed E-state index contributed by atoms with van der Waals surface area (Å²) < 4.78 is 4.69. The van der Waals surface area contributed by atoms with Crippen molar-refractivity contribution in [3.8, 4) is 0 Å². The van der Waals surface area contributed by atoms with Crippen molar-refractivity contribution < 1.29 is 9.53 Å². The van der Waals surface area contributed by atoms with Crippen molar-refractivity contribution in [2.24, 2.45) is 0 Å². The molecular weight excluding hydrogens is 130 g/mol. The van der Waals surface area contributed by atoms with E-state index in [-0.39, 0.29) is 5.97 Å².